The zero-order valence-corrected chi connectivity index (χ0v) is 12.9. The lowest BCUT2D eigenvalue weighted by Gasteiger charge is -2.11. The second-order valence-corrected chi connectivity index (χ2v) is 6.67. The van der Waals surface area contributed by atoms with E-state index in [4.69, 9.17) is 11.3 Å². The Balaban J connectivity index is 2.11. The van der Waals surface area contributed by atoms with Gasteiger partial charge in [0.2, 0.25) is 5.69 Å². The largest absolute Gasteiger partial charge is 0.501 e. The molecule has 7 nitrogen and oxygen atoms in total. The minimum atomic E-state index is -5.55. The quantitative estimate of drug-likeness (QED) is 0.714. The highest BCUT2D eigenvalue weighted by Crippen LogP contribution is 2.38. The van der Waals surface area contributed by atoms with Gasteiger partial charge in [-0.2, -0.15) is 18.3 Å². The first-order valence-corrected chi connectivity index (χ1v) is 8.00. The standard InChI is InChI=1S/C14H7F3N4O3S/c1-18-8-4-9(6-19-5-8)24-11-2-3-12(13-10(11)7-20-21-13)25(22,23)14(15,16)17/h2-7H,(H,20,21). The van der Waals surface area contributed by atoms with Crippen molar-refractivity contribution in [2.45, 2.75) is 10.4 Å². The number of aromatic amines is 1. The molecule has 3 aromatic rings. The summed E-state index contributed by atoms with van der Waals surface area (Å²) in [4.78, 5) is 6.03. The van der Waals surface area contributed by atoms with Gasteiger partial charge in [0.05, 0.1) is 29.9 Å². The summed E-state index contributed by atoms with van der Waals surface area (Å²) in [6.45, 7) is 6.92. The van der Waals surface area contributed by atoms with Crippen molar-refractivity contribution in [1.29, 1.82) is 0 Å². The highest BCUT2D eigenvalue weighted by molar-refractivity contribution is 7.92. The van der Waals surface area contributed by atoms with Crippen LogP contribution in [0.1, 0.15) is 0 Å². The number of fused-ring (bicyclic) bond motifs is 1. The molecule has 0 aliphatic carbocycles. The lowest BCUT2D eigenvalue weighted by molar-refractivity contribution is -0.0435. The van der Waals surface area contributed by atoms with Crippen molar-refractivity contribution in [3.8, 4) is 11.5 Å². The van der Waals surface area contributed by atoms with E-state index in [2.05, 4.69) is 20.0 Å². The Morgan fingerprint density at radius 1 is 1.20 bits per heavy atom. The van der Waals surface area contributed by atoms with Gasteiger partial charge >= 0.3 is 5.51 Å². The number of pyridine rings is 1. The molecule has 0 radical (unpaired) electrons. The Kier molecular flexibility index (Phi) is 3.84. The number of hydrogen-bond donors (Lipinski definition) is 1. The Bertz CT molecular complexity index is 1100. The van der Waals surface area contributed by atoms with E-state index in [0.717, 1.165) is 18.3 Å². The van der Waals surface area contributed by atoms with Gasteiger partial charge in [-0.05, 0) is 18.2 Å². The molecule has 3 rings (SSSR count). The van der Waals surface area contributed by atoms with E-state index in [9.17, 15) is 21.6 Å². The Morgan fingerprint density at radius 2 is 1.96 bits per heavy atom. The third kappa shape index (κ3) is 2.87. The van der Waals surface area contributed by atoms with Gasteiger partial charge in [0, 0.05) is 6.20 Å². The molecular weight excluding hydrogens is 361 g/mol. The maximum atomic E-state index is 12.8. The number of sulfone groups is 1. The maximum Gasteiger partial charge on any atom is 0.501 e. The number of nitrogens with one attached hydrogen (secondary N) is 1. The molecule has 0 fully saturated rings. The highest BCUT2D eigenvalue weighted by atomic mass is 32.2. The average molecular weight is 368 g/mol. The average Bonchev–Trinajstić information content (AvgIpc) is 3.04. The van der Waals surface area contributed by atoms with Gasteiger partial charge in [0.15, 0.2) is 0 Å². The number of aromatic nitrogens is 3. The summed E-state index contributed by atoms with van der Waals surface area (Å²) in [5, 5.41) is 5.87. The molecule has 0 aliphatic heterocycles. The lowest BCUT2D eigenvalue weighted by Crippen LogP contribution is -2.23. The van der Waals surface area contributed by atoms with E-state index in [-0.39, 0.29) is 28.1 Å². The summed E-state index contributed by atoms with van der Waals surface area (Å²) < 4.78 is 67.2. The summed E-state index contributed by atoms with van der Waals surface area (Å²) in [7, 11) is -5.55. The van der Waals surface area contributed by atoms with Crippen LogP contribution in [0.5, 0.6) is 11.5 Å². The fourth-order valence-corrected chi connectivity index (χ4v) is 3.00. The normalized spacial score (nSPS) is 12.1. The maximum absolute atomic E-state index is 12.8. The van der Waals surface area contributed by atoms with E-state index in [0.29, 0.717) is 0 Å². The van der Waals surface area contributed by atoms with Crippen molar-refractivity contribution in [3.63, 3.8) is 0 Å². The molecule has 25 heavy (non-hydrogen) atoms. The van der Waals surface area contributed by atoms with Crippen LogP contribution in [0, 0.1) is 6.57 Å². The molecule has 2 aromatic heterocycles. The van der Waals surface area contributed by atoms with Gasteiger partial charge < -0.3 is 4.74 Å². The molecule has 0 aliphatic rings. The Hall–Kier alpha value is -3.13. The second-order valence-electron chi connectivity index (χ2n) is 4.76. The van der Waals surface area contributed by atoms with E-state index in [1.807, 2.05) is 0 Å². The zero-order valence-electron chi connectivity index (χ0n) is 12.1. The van der Waals surface area contributed by atoms with Crippen LogP contribution >= 0.6 is 0 Å². The van der Waals surface area contributed by atoms with Gasteiger partial charge in [0.1, 0.15) is 16.4 Å². The first kappa shape index (κ1) is 16.7. The van der Waals surface area contributed by atoms with Gasteiger partial charge in [-0.1, -0.05) is 0 Å². The fraction of sp³-hybridized carbons (Fsp3) is 0.0714. The van der Waals surface area contributed by atoms with Crippen LogP contribution in [0.2, 0.25) is 0 Å². The lowest BCUT2D eigenvalue weighted by atomic mass is 10.2. The molecule has 128 valence electrons. The molecule has 0 bridgehead atoms. The molecular formula is C14H7F3N4O3S. The van der Waals surface area contributed by atoms with Gasteiger partial charge in [-0.3, -0.25) is 10.1 Å². The molecule has 0 spiro atoms. The third-order valence-electron chi connectivity index (χ3n) is 3.19. The van der Waals surface area contributed by atoms with Gasteiger partial charge in [0.25, 0.3) is 9.84 Å². The third-order valence-corrected chi connectivity index (χ3v) is 4.72. The molecule has 0 unspecified atom stereocenters. The van der Waals surface area contributed by atoms with Crippen molar-refractivity contribution < 1.29 is 26.3 Å². The molecule has 0 saturated heterocycles. The van der Waals surface area contributed by atoms with E-state index in [1.54, 1.807) is 0 Å². The topological polar surface area (TPSA) is 89.3 Å². The van der Waals surface area contributed by atoms with Crippen LogP contribution in [0.25, 0.3) is 15.7 Å². The SMILES string of the molecule is [C-]#[N+]c1cncc(Oc2ccc(S(=O)(=O)C(F)(F)F)c3[nH]ncc23)c1. The van der Waals surface area contributed by atoms with Crippen molar-refractivity contribution in [1.82, 2.24) is 15.2 Å². The number of ether oxygens (including phenoxy) is 1. The van der Waals surface area contributed by atoms with Crippen LogP contribution in [0.3, 0.4) is 0 Å². The Labute approximate surface area is 138 Å². The van der Waals surface area contributed by atoms with E-state index < -0.39 is 20.2 Å². The summed E-state index contributed by atoms with van der Waals surface area (Å²) >= 11 is 0. The van der Waals surface area contributed by atoms with Crippen LogP contribution in [0.4, 0.5) is 18.9 Å². The molecule has 11 heteroatoms. The zero-order chi connectivity index (χ0) is 18.2. The monoisotopic (exact) mass is 368 g/mol. The minimum absolute atomic E-state index is 0.0403. The number of halogens is 3. The van der Waals surface area contributed by atoms with E-state index in [1.165, 1.54) is 18.5 Å². The van der Waals surface area contributed by atoms with Gasteiger partial charge in [-0.15, -0.1) is 0 Å². The number of hydrogen-bond acceptors (Lipinski definition) is 5. The van der Waals surface area contributed by atoms with Crippen LogP contribution in [-0.2, 0) is 9.84 Å². The van der Waals surface area contributed by atoms with Gasteiger partial charge in [-0.25, -0.2) is 13.3 Å². The number of benzene rings is 1. The van der Waals surface area contributed by atoms with Crippen LogP contribution in [0.15, 0.2) is 41.7 Å². The Morgan fingerprint density at radius 3 is 2.64 bits per heavy atom. The second kappa shape index (κ2) is 5.75. The molecule has 1 N–H and O–H groups in total. The first-order valence-electron chi connectivity index (χ1n) is 6.52. The molecule has 0 saturated carbocycles. The fourth-order valence-electron chi connectivity index (χ4n) is 2.07. The van der Waals surface area contributed by atoms with Crippen molar-refractivity contribution in [2.75, 3.05) is 0 Å². The summed E-state index contributed by atoms with van der Waals surface area (Å²) in [6.07, 6.45) is 3.76. The number of alkyl halides is 3. The van der Waals surface area contributed by atoms with Crippen molar-refractivity contribution in [3.05, 3.63) is 48.2 Å². The van der Waals surface area contributed by atoms with E-state index >= 15 is 0 Å². The number of H-pyrrole nitrogens is 1. The first-order chi connectivity index (χ1) is 11.7. The number of nitrogens with zero attached hydrogens (tertiary/aromatic N) is 3. The summed E-state index contributed by atoms with van der Waals surface area (Å²) in [5.41, 5.74) is -5.57. The van der Waals surface area contributed by atoms with Crippen molar-refractivity contribution >= 4 is 26.4 Å². The van der Waals surface area contributed by atoms with Crippen LogP contribution < -0.4 is 4.74 Å². The van der Waals surface area contributed by atoms with Crippen molar-refractivity contribution in [2.24, 2.45) is 0 Å². The molecule has 1 aromatic carbocycles. The number of rotatable bonds is 3. The molecule has 2 heterocycles. The predicted octanol–water partition coefficient (Wildman–Crippen LogP) is 3.59. The van der Waals surface area contributed by atoms with Crippen LogP contribution in [-0.4, -0.2) is 29.1 Å². The summed E-state index contributed by atoms with van der Waals surface area (Å²) in [6, 6.07) is 3.25. The highest BCUT2D eigenvalue weighted by Gasteiger charge is 2.48. The molecule has 0 atom stereocenters. The minimum Gasteiger partial charge on any atom is -0.456 e. The molecule has 0 amide bonds. The summed E-state index contributed by atoms with van der Waals surface area (Å²) in [5.74, 6) is 0.233. The predicted molar refractivity (Wildman–Crippen MR) is 79.9 cm³/mol. The smallest absolute Gasteiger partial charge is 0.456 e.